The molecule has 3 nitrogen and oxygen atoms in total. The molecule has 0 amide bonds. The molecule has 21 heavy (non-hydrogen) atoms. The highest BCUT2D eigenvalue weighted by molar-refractivity contribution is 5.55. The van der Waals surface area contributed by atoms with E-state index in [9.17, 15) is 9.50 Å². The van der Waals surface area contributed by atoms with Crippen molar-refractivity contribution in [1.29, 1.82) is 0 Å². The van der Waals surface area contributed by atoms with E-state index in [0.717, 1.165) is 18.4 Å². The van der Waals surface area contributed by atoms with Gasteiger partial charge in [0.1, 0.15) is 5.82 Å². The second-order valence-corrected chi connectivity index (χ2v) is 5.67. The van der Waals surface area contributed by atoms with E-state index < -0.39 is 0 Å². The monoisotopic (exact) mass is 296 g/mol. The molecule has 0 fully saturated rings. The Balaban J connectivity index is 3.15. The number of rotatable bonds is 9. The van der Waals surface area contributed by atoms with Crippen LogP contribution in [0.2, 0.25) is 0 Å². The van der Waals surface area contributed by atoms with Gasteiger partial charge in [0.25, 0.3) is 0 Å². The van der Waals surface area contributed by atoms with E-state index in [-0.39, 0.29) is 18.5 Å². The third-order valence-corrected chi connectivity index (χ3v) is 3.78. The van der Waals surface area contributed by atoms with Gasteiger partial charge in [-0.05, 0) is 24.5 Å². The topological polar surface area (TPSA) is 35.5 Å². The van der Waals surface area contributed by atoms with Gasteiger partial charge in [-0.15, -0.1) is 0 Å². The summed E-state index contributed by atoms with van der Waals surface area (Å²) in [4.78, 5) is 2.02. The predicted molar refractivity (Wildman–Crippen MR) is 87.2 cm³/mol. The Morgan fingerprint density at radius 2 is 1.90 bits per heavy atom. The fourth-order valence-corrected chi connectivity index (χ4v) is 2.65. The molecular weight excluding hydrogens is 267 g/mol. The fourth-order valence-electron chi connectivity index (χ4n) is 2.65. The summed E-state index contributed by atoms with van der Waals surface area (Å²) in [7, 11) is 0. The number of aliphatic hydroxyl groups is 1. The number of hydrogen-bond acceptors (Lipinski definition) is 3. The summed E-state index contributed by atoms with van der Waals surface area (Å²) in [6, 6.07) is 5.80. The molecule has 1 aromatic carbocycles. The van der Waals surface area contributed by atoms with Crippen molar-refractivity contribution in [3.8, 4) is 0 Å². The Labute approximate surface area is 128 Å². The van der Waals surface area contributed by atoms with Crippen molar-refractivity contribution in [1.82, 2.24) is 5.32 Å². The molecule has 0 aliphatic carbocycles. The van der Waals surface area contributed by atoms with Crippen LogP contribution in [-0.2, 0) is 6.54 Å². The van der Waals surface area contributed by atoms with Gasteiger partial charge in [-0.2, -0.15) is 0 Å². The molecule has 0 heterocycles. The first-order valence-corrected chi connectivity index (χ1v) is 7.93. The lowest BCUT2D eigenvalue weighted by molar-refractivity contribution is 0.295. The molecule has 120 valence electrons. The second-order valence-electron chi connectivity index (χ2n) is 5.67. The standard InChI is InChI=1S/C17H29FN2O/c1-5-15(6-2)20(10-11-21)17-14(12-19-13(3)4)8-7-9-16(17)18/h7-9,13,15,19,21H,5-6,10-12H2,1-4H3. The summed E-state index contributed by atoms with van der Waals surface area (Å²) in [6.07, 6.45) is 1.86. The minimum absolute atomic E-state index is 0.0296. The van der Waals surface area contributed by atoms with Crippen molar-refractivity contribution in [2.75, 3.05) is 18.1 Å². The van der Waals surface area contributed by atoms with Gasteiger partial charge in [0, 0.05) is 25.2 Å². The van der Waals surface area contributed by atoms with Crippen molar-refractivity contribution in [2.45, 2.75) is 59.2 Å². The van der Waals surface area contributed by atoms with E-state index in [1.807, 2.05) is 11.0 Å². The zero-order valence-electron chi connectivity index (χ0n) is 13.7. The van der Waals surface area contributed by atoms with Crippen molar-refractivity contribution < 1.29 is 9.50 Å². The van der Waals surface area contributed by atoms with E-state index in [0.29, 0.717) is 24.8 Å². The number of anilines is 1. The first kappa shape index (κ1) is 17.9. The van der Waals surface area contributed by atoms with Crippen LogP contribution in [0, 0.1) is 5.82 Å². The molecule has 0 saturated heterocycles. The zero-order valence-corrected chi connectivity index (χ0v) is 13.7. The molecule has 0 atom stereocenters. The molecule has 0 radical (unpaired) electrons. The minimum Gasteiger partial charge on any atom is -0.395 e. The Hall–Kier alpha value is -1.13. The summed E-state index contributed by atoms with van der Waals surface area (Å²) in [5.74, 6) is -0.210. The molecule has 0 aliphatic heterocycles. The average Bonchev–Trinajstić information content (AvgIpc) is 2.45. The van der Waals surface area contributed by atoms with Gasteiger partial charge >= 0.3 is 0 Å². The number of aliphatic hydroxyl groups excluding tert-OH is 1. The van der Waals surface area contributed by atoms with E-state index >= 15 is 0 Å². The first-order chi connectivity index (χ1) is 10.0. The highest BCUT2D eigenvalue weighted by Crippen LogP contribution is 2.28. The van der Waals surface area contributed by atoms with Crippen LogP contribution in [0.15, 0.2) is 18.2 Å². The number of nitrogens with zero attached hydrogens (tertiary/aromatic N) is 1. The van der Waals surface area contributed by atoms with E-state index in [4.69, 9.17) is 0 Å². The van der Waals surface area contributed by atoms with Gasteiger partial charge < -0.3 is 15.3 Å². The van der Waals surface area contributed by atoms with Crippen molar-refractivity contribution in [2.24, 2.45) is 0 Å². The Bertz CT molecular complexity index is 419. The van der Waals surface area contributed by atoms with Gasteiger partial charge in [0.15, 0.2) is 0 Å². The molecule has 0 aromatic heterocycles. The van der Waals surface area contributed by atoms with Crippen LogP contribution < -0.4 is 10.2 Å². The third-order valence-electron chi connectivity index (χ3n) is 3.78. The van der Waals surface area contributed by atoms with Gasteiger partial charge in [-0.3, -0.25) is 0 Å². The normalized spacial score (nSPS) is 11.4. The lowest BCUT2D eigenvalue weighted by Gasteiger charge is -2.34. The van der Waals surface area contributed by atoms with E-state index in [1.165, 1.54) is 6.07 Å². The zero-order chi connectivity index (χ0) is 15.8. The Morgan fingerprint density at radius 1 is 1.24 bits per heavy atom. The molecule has 4 heteroatoms. The van der Waals surface area contributed by atoms with Gasteiger partial charge in [-0.1, -0.05) is 39.8 Å². The van der Waals surface area contributed by atoms with Crippen molar-refractivity contribution in [3.05, 3.63) is 29.6 Å². The van der Waals surface area contributed by atoms with Crippen LogP contribution in [0.5, 0.6) is 0 Å². The third kappa shape index (κ3) is 4.97. The molecule has 1 aromatic rings. The van der Waals surface area contributed by atoms with Crippen LogP contribution in [0.25, 0.3) is 0 Å². The summed E-state index contributed by atoms with van der Waals surface area (Å²) < 4.78 is 14.4. The summed E-state index contributed by atoms with van der Waals surface area (Å²) in [5.41, 5.74) is 1.58. The molecular formula is C17H29FN2O. The molecule has 0 aliphatic rings. The lowest BCUT2D eigenvalue weighted by Crippen LogP contribution is -2.38. The second kappa shape index (κ2) is 9.00. The smallest absolute Gasteiger partial charge is 0.146 e. The molecule has 0 spiro atoms. The highest BCUT2D eigenvalue weighted by atomic mass is 19.1. The van der Waals surface area contributed by atoms with E-state index in [2.05, 4.69) is 33.0 Å². The van der Waals surface area contributed by atoms with Gasteiger partial charge in [-0.25, -0.2) is 4.39 Å². The Kier molecular flexibility index (Phi) is 7.68. The highest BCUT2D eigenvalue weighted by Gasteiger charge is 2.21. The predicted octanol–water partition coefficient (Wildman–Crippen LogP) is 3.31. The molecule has 0 unspecified atom stereocenters. The van der Waals surface area contributed by atoms with Gasteiger partial charge in [0.2, 0.25) is 0 Å². The van der Waals surface area contributed by atoms with Crippen LogP contribution in [-0.4, -0.2) is 30.3 Å². The maximum absolute atomic E-state index is 14.4. The number of halogens is 1. The van der Waals surface area contributed by atoms with Crippen LogP contribution in [0.1, 0.15) is 46.1 Å². The number of hydrogen-bond donors (Lipinski definition) is 2. The molecule has 2 N–H and O–H groups in total. The summed E-state index contributed by atoms with van der Waals surface area (Å²) in [6.45, 7) is 9.48. The fraction of sp³-hybridized carbons (Fsp3) is 0.647. The largest absolute Gasteiger partial charge is 0.395 e. The maximum Gasteiger partial charge on any atom is 0.146 e. The van der Waals surface area contributed by atoms with Crippen LogP contribution in [0.3, 0.4) is 0 Å². The lowest BCUT2D eigenvalue weighted by atomic mass is 10.1. The molecule has 1 rings (SSSR count). The molecule has 0 saturated carbocycles. The quantitative estimate of drug-likeness (QED) is 0.734. The number of para-hydroxylation sites is 1. The summed E-state index contributed by atoms with van der Waals surface area (Å²) >= 11 is 0. The Morgan fingerprint density at radius 3 is 2.43 bits per heavy atom. The van der Waals surface area contributed by atoms with Gasteiger partial charge in [0.05, 0.1) is 12.3 Å². The van der Waals surface area contributed by atoms with Crippen LogP contribution >= 0.6 is 0 Å². The number of nitrogens with one attached hydrogen (secondary N) is 1. The number of benzene rings is 1. The van der Waals surface area contributed by atoms with E-state index in [1.54, 1.807) is 6.07 Å². The van der Waals surface area contributed by atoms with Crippen LogP contribution in [0.4, 0.5) is 10.1 Å². The van der Waals surface area contributed by atoms with Crippen molar-refractivity contribution >= 4 is 5.69 Å². The SMILES string of the molecule is CCC(CC)N(CCO)c1c(F)cccc1CNC(C)C. The minimum atomic E-state index is -0.210. The summed E-state index contributed by atoms with van der Waals surface area (Å²) in [5, 5.41) is 12.7. The molecule has 0 bridgehead atoms. The maximum atomic E-state index is 14.4. The average molecular weight is 296 g/mol. The first-order valence-electron chi connectivity index (χ1n) is 7.93. The van der Waals surface area contributed by atoms with Crippen molar-refractivity contribution in [3.63, 3.8) is 0 Å².